The zero-order valence-electron chi connectivity index (χ0n) is 20.2. The Morgan fingerprint density at radius 2 is 1.46 bits per heavy atom. The number of para-hydroxylation sites is 1. The molecule has 1 amide bonds. The summed E-state index contributed by atoms with van der Waals surface area (Å²) in [5.74, 6) is 2.79. The van der Waals surface area contributed by atoms with Gasteiger partial charge in [0.25, 0.3) is 0 Å². The maximum absolute atomic E-state index is 14.2. The van der Waals surface area contributed by atoms with Crippen LogP contribution in [0.25, 0.3) is 0 Å². The highest BCUT2D eigenvalue weighted by Crippen LogP contribution is 2.55. The van der Waals surface area contributed by atoms with E-state index in [4.69, 9.17) is 18.9 Å². The van der Waals surface area contributed by atoms with Gasteiger partial charge in [-0.25, -0.2) is 0 Å². The van der Waals surface area contributed by atoms with E-state index in [9.17, 15) is 4.79 Å². The van der Waals surface area contributed by atoms with Crippen molar-refractivity contribution in [2.75, 3.05) is 24.7 Å². The van der Waals surface area contributed by atoms with Crippen molar-refractivity contribution in [2.45, 2.75) is 18.6 Å². The number of amides is 1. The predicted molar refractivity (Wildman–Crippen MR) is 139 cm³/mol. The number of fused-ring (bicyclic) bond motifs is 5. The van der Waals surface area contributed by atoms with Crippen molar-refractivity contribution in [2.24, 2.45) is 0 Å². The molecule has 3 aliphatic heterocycles. The van der Waals surface area contributed by atoms with Gasteiger partial charge >= 0.3 is 0 Å². The quantitative estimate of drug-likeness (QED) is 0.381. The highest BCUT2D eigenvalue weighted by atomic mass is 16.6. The average molecular weight is 492 g/mol. The lowest BCUT2D eigenvalue weighted by atomic mass is 9.77. The first-order valence-electron chi connectivity index (χ1n) is 12.5. The Bertz CT molecular complexity index is 1480. The van der Waals surface area contributed by atoms with Gasteiger partial charge in [-0.2, -0.15) is 0 Å². The molecule has 3 aliphatic rings. The number of rotatable bonds is 5. The van der Waals surface area contributed by atoms with Crippen LogP contribution in [0.1, 0.15) is 22.3 Å². The fourth-order valence-corrected chi connectivity index (χ4v) is 5.48. The molecule has 4 aromatic carbocycles. The molecular formula is C31H25NO5. The molecule has 4 aromatic rings. The van der Waals surface area contributed by atoms with E-state index in [1.807, 2.05) is 95.9 Å². The highest BCUT2D eigenvalue weighted by molar-refractivity contribution is 6.11. The van der Waals surface area contributed by atoms with E-state index in [-0.39, 0.29) is 12.5 Å². The van der Waals surface area contributed by atoms with E-state index in [2.05, 4.69) is 0 Å². The van der Waals surface area contributed by atoms with E-state index in [0.29, 0.717) is 43.6 Å². The topological polar surface area (TPSA) is 57.2 Å². The molecule has 0 saturated heterocycles. The maximum Gasteiger partial charge on any atom is 0.246 e. The number of anilines is 1. The Kier molecular flexibility index (Phi) is 5.06. The smallest absolute Gasteiger partial charge is 0.246 e. The standard InChI is InChI=1S/C31H25NO5/c33-30-31(20-37-27-17-29-28(16-25(27)31)34-14-15-35-29)24-8-4-5-9-26(24)32(30)18-21-10-12-23(13-11-21)36-19-22-6-2-1-3-7-22/h1-13,16-17H,14-15,18-20H2/t31-/m0/s1. The van der Waals surface area contributed by atoms with Crippen molar-refractivity contribution in [3.8, 4) is 23.0 Å². The molecule has 184 valence electrons. The zero-order chi connectivity index (χ0) is 24.8. The number of carbonyl (C=O) groups is 1. The molecule has 6 heteroatoms. The number of ether oxygens (including phenoxy) is 4. The molecule has 0 aliphatic carbocycles. The first-order chi connectivity index (χ1) is 18.2. The van der Waals surface area contributed by atoms with Crippen LogP contribution >= 0.6 is 0 Å². The van der Waals surface area contributed by atoms with Crippen molar-refractivity contribution >= 4 is 11.6 Å². The third-order valence-electron chi connectivity index (χ3n) is 7.33. The lowest BCUT2D eigenvalue weighted by Crippen LogP contribution is -2.42. The van der Waals surface area contributed by atoms with Crippen molar-refractivity contribution in [1.29, 1.82) is 0 Å². The number of nitrogens with zero attached hydrogens (tertiary/aromatic N) is 1. The van der Waals surface area contributed by atoms with E-state index < -0.39 is 5.41 Å². The molecule has 1 atom stereocenters. The summed E-state index contributed by atoms with van der Waals surface area (Å²) >= 11 is 0. The summed E-state index contributed by atoms with van der Waals surface area (Å²) in [4.78, 5) is 16.1. The van der Waals surface area contributed by atoms with Gasteiger partial charge in [-0.1, -0.05) is 60.7 Å². The fraction of sp³-hybridized carbons (Fsp3) is 0.194. The van der Waals surface area contributed by atoms with Gasteiger partial charge in [0.05, 0.1) is 6.54 Å². The molecule has 7 rings (SSSR count). The third kappa shape index (κ3) is 3.51. The second-order valence-corrected chi connectivity index (χ2v) is 9.51. The lowest BCUT2D eigenvalue weighted by Gasteiger charge is -2.24. The Morgan fingerprint density at radius 1 is 0.730 bits per heavy atom. The van der Waals surface area contributed by atoms with Crippen LogP contribution in [-0.4, -0.2) is 25.7 Å². The summed E-state index contributed by atoms with van der Waals surface area (Å²) in [5.41, 5.74) is 3.94. The molecule has 3 heterocycles. The van der Waals surface area contributed by atoms with E-state index in [1.54, 1.807) is 0 Å². The SMILES string of the molecule is O=C1N(Cc2ccc(OCc3ccccc3)cc2)c2ccccc2[C@]12COc1cc3c(cc12)OCCO3. The Balaban J connectivity index is 1.17. The maximum atomic E-state index is 14.2. The van der Waals surface area contributed by atoms with Crippen LogP contribution in [0.2, 0.25) is 0 Å². The van der Waals surface area contributed by atoms with Crippen LogP contribution in [0.15, 0.2) is 91.0 Å². The van der Waals surface area contributed by atoms with Crippen LogP contribution in [0, 0.1) is 0 Å². The molecular weight excluding hydrogens is 466 g/mol. The Morgan fingerprint density at radius 3 is 2.27 bits per heavy atom. The van der Waals surface area contributed by atoms with Crippen LogP contribution in [-0.2, 0) is 23.4 Å². The second kappa shape index (κ2) is 8.59. The van der Waals surface area contributed by atoms with Gasteiger partial charge in [0, 0.05) is 17.3 Å². The minimum Gasteiger partial charge on any atom is -0.491 e. The van der Waals surface area contributed by atoms with Crippen molar-refractivity contribution in [3.05, 3.63) is 113 Å². The van der Waals surface area contributed by atoms with Crippen molar-refractivity contribution in [3.63, 3.8) is 0 Å². The number of hydrogen-bond acceptors (Lipinski definition) is 5. The summed E-state index contributed by atoms with van der Waals surface area (Å²) in [7, 11) is 0. The summed E-state index contributed by atoms with van der Waals surface area (Å²) in [6.45, 7) is 2.21. The number of hydrogen-bond donors (Lipinski definition) is 0. The van der Waals surface area contributed by atoms with Gasteiger partial charge in [0.2, 0.25) is 5.91 Å². The van der Waals surface area contributed by atoms with Gasteiger partial charge in [-0.3, -0.25) is 4.79 Å². The summed E-state index contributed by atoms with van der Waals surface area (Å²) < 4.78 is 23.6. The minimum atomic E-state index is -0.902. The van der Waals surface area contributed by atoms with Crippen molar-refractivity contribution < 1.29 is 23.7 Å². The molecule has 0 saturated carbocycles. The number of benzene rings is 4. The van der Waals surface area contributed by atoms with Gasteiger partial charge < -0.3 is 23.8 Å². The molecule has 0 aromatic heterocycles. The number of carbonyl (C=O) groups excluding carboxylic acids is 1. The monoisotopic (exact) mass is 491 g/mol. The normalized spacial score (nSPS) is 18.9. The van der Waals surface area contributed by atoms with Gasteiger partial charge in [-0.05, 0) is 41.0 Å². The van der Waals surface area contributed by atoms with Gasteiger partial charge in [0.15, 0.2) is 11.5 Å². The molecule has 6 nitrogen and oxygen atoms in total. The third-order valence-corrected chi connectivity index (χ3v) is 7.33. The van der Waals surface area contributed by atoms with Crippen molar-refractivity contribution in [1.82, 2.24) is 0 Å². The van der Waals surface area contributed by atoms with E-state index in [1.165, 1.54) is 0 Å². The highest BCUT2D eigenvalue weighted by Gasteiger charge is 2.57. The van der Waals surface area contributed by atoms with Crippen LogP contribution < -0.4 is 23.8 Å². The first kappa shape index (κ1) is 21.8. The molecule has 0 N–H and O–H groups in total. The van der Waals surface area contributed by atoms with E-state index in [0.717, 1.165) is 33.7 Å². The van der Waals surface area contributed by atoms with Gasteiger partial charge in [0.1, 0.15) is 43.3 Å². The minimum absolute atomic E-state index is 0.00790. The molecule has 0 radical (unpaired) electrons. The second-order valence-electron chi connectivity index (χ2n) is 9.51. The lowest BCUT2D eigenvalue weighted by molar-refractivity contribution is -0.122. The molecule has 0 fully saturated rings. The molecule has 1 spiro atoms. The predicted octanol–water partition coefficient (Wildman–Crippen LogP) is 5.26. The van der Waals surface area contributed by atoms with Crippen LogP contribution in [0.3, 0.4) is 0 Å². The first-order valence-corrected chi connectivity index (χ1v) is 12.5. The molecule has 0 bridgehead atoms. The van der Waals surface area contributed by atoms with Crippen LogP contribution in [0.5, 0.6) is 23.0 Å². The fourth-order valence-electron chi connectivity index (χ4n) is 5.48. The molecule has 0 unspecified atom stereocenters. The summed E-state index contributed by atoms with van der Waals surface area (Å²) in [6.07, 6.45) is 0. The summed E-state index contributed by atoms with van der Waals surface area (Å²) in [6, 6.07) is 29.8. The average Bonchev–Trinajstić information content (AvgIpc) is 3.44. The Hall–Kier alpha value is -4.45. The zero-order valence-corrected chi connectivity index (χ0v) is 20.2. The van der Waals surface area contributed by atoms with Crippen LogP contribution in [0.4, 0.5) is 5.69 Å². The summed E-state index contributed by atoms with van der Waals surface area (Å²) in [5, 5.41) is 0. The van der Waals surface area contributed by atoms with Gasteiger partial charge in [-0.15, -0.1) is 0 Å². The van der Waals surface area contributed by atoms with E-state index >= 15 is 0 Å². The molecule has 37 heavy (non-hydrogen) atoms. The largest absolute Gasteiger partial charge is 0.491 e. The Labute approximate surface area is 215 Å².